The monoisotopic (exact) mass is 156 g/mol. The highest BCUT2D eigenvalue weighted by molar-refractivity contribution is 6.08. The van der Waals surface area contributed by atoms with Gasteiger partial charge in [-0.05, 0) is 12.1 Å². The summed E-state index contributed by atoms with van der Waals surface area (Å²) in [5.41, 5.74) is 0. The maximum Gasteiger partial charge on any atom is 0.189 e. The van der Waals surface area contributed by atoms with E-state index >= 15 is 0 Å². The van der Waals surface area contributed by atoms with E-state index in [0.29, 0.717) is 0 Å². The van der Waals surface area contributed by atoms with Crippen LogP contribution in [0.5, 0.6) is 5.75 Å². The molecule has 0 radical (unpaired) electrons. The lowest BCUT2D eigenvalue weighted by atomic mass is 10.2. The fourth-order valence-corrected chi connectivity index (χ4v) is 0.765. The zero-order valence-electron chi connectivity index (χ0n) is 6.10. The molecule has 0 aliphatic heterocycles. The molecule has 0 N–H and O–H groups in total. The van der Waals surface area contributed by atoms with Crippen LogP contribution in [-0.2, 0) is 0 Å². The number of hydrogen-bond donors (Lipinski definition) is 0. The van der Waals surface area contributed by atoms with Crippen LogP contribution in [0.25, 0.3) is 0 Å². The summed E-state index contributed by atoms with van der Waals surface area (Å²) in [6.07, 6.45) is 0. The molecule has 0 aliphatic carbocycles. The highest BCUT2D eigenvalue weighted by atomic mass is 19.1. The van der Waals surface area contributed by atoms with Crippen LogP contribution in [0.2, 0.25) is 0 Å². The number of para-hydroxylation sites is 1. The van der Waals surface area contributed by atoms with Crippen LogP contribution in [0.15, 0.2) is 18.2 Å². The van der Waals surface area contributed by atoms with Crippen LogP contribution >= 0.6 is 0 Å². The molecule has 1 rings (SSSR count). The molecule has 11 heavy (non-hydrogen) atoms. The minimum atomic E-state index is -0.660. The SMILES string of the molecule is BCOc1c(F)cccc1F. The van der Waals surface area contributed by atoms with E-state index in [-0.39, 0.29) is 12.3 Å². The fourth-order valence-electron chi connectivity index (χ4n) is 0.765. The Balaban J connectivity index is 3.00. The number of benzene rings is 1. The van der Waals surface area contributed by atoms with E-state index in [1.165, 1.54) is 6.07 Å². The Labute approximate surface area is 64.4 Å². The van der Waals surface area contributed by atoms with Gasteiger partial charge in [0.25, 0.3) is 0 Å². The van der Waals surface area contributed by atoms with Gasteiger partial charge in [-0.25, -0.2) is 8.78 Å². The van der Waals surface area contributed by atoms with Gasteiger partial charge in [0.1, 0.15) is 0 Å². The normalized spacial score (nSPS) is 9.64. The number of halogens is 2. The van der Waals surface area contributed by atoms with Crippen molar-refractivity contribution in [3.05, 3.63) is 29.8 Å². The highest BCUT2D eigenvalue weighted by Gasteiger charge is 2.07. The van der Waals surface area contributed by atoms with E-state index < -0.39 is 11.6 Å². The minimum Gasteiger partial charge on any atom is -0.497 e. The smallest absolute Gasteiger partial charge is 0.189 e. The van der Waals surface area contributed by atoms with E-state index in [4.69, 9.17) is 4.74 Å². The van der Waals surface area contributed by atoms with Crippen molar-refractivity contribution in [1.29, 1.82) is 0 Å². The summed E-state index contributed by atoms with van der Waals surface area (Å²) in [5, 5.41) is 0. The molecule has 0 saturated carbocycles. The first-order valence-corrected chi connectivity index (χ1v) is 3.32. The Morgan fingerprint density at radius 3 is 2.27 bits per heavy atom. The summed E-state index contributed by atoms with van der Waals surface area (Å²) in [6, 6.07) is 3.62. The summed E-state index contributed by atoms with van der Waals surface area (Å²) < 4.78 is 30.1. The van der Waals surface area contributed by atoms with Crippen LogP contribution in [0, 0.1) is 11.6 Å². The molecular weight excluding hydrogens is 149 g/mol. The predicted molar refractivity (Wildman–Crippen MR) is 40.4 cm³/mol. The van der Waals surface area contributed by atoms with Crippen LogP contribution in [-0.4, -0.2) is 14.4 Å². The van der Waals surface area contributed by atoms with Crippen molar-refractivity contribution in [3.63, 3.8) is 0 Å². The van der Waals surface area contributed by atoms with Crippen molar-refractivity contribution in [3.8, 4) is 5.75 Å². The second kappa shape index (κ2) is 3.37. The highest BCUT2D eigenvalue weighted by Crippen LogP contribution is 2.19. The second-order valence-electron chi connectivity index (χ2n) is 1.98. The van der Waals surface area contributed by atoms with Crippen molar-refractivity contribution in [2.24, 2.45) is 0 Å². The number of hydrogen-bond acceptors (Lipinski definition) is 1. The number of rotatable bonds is 2. The van der Waals surface area contributed by atoms with Gasteiger partial charge in [0.2, 0.25) is 0 Å². The standard InChI is InChI=1S/C7H7BF2O/c8-4-11-7-5(9)2-1-3-6(7)10/h1-3H,4,8H2. The van der Waals surface area contributed by atoms with Gasteiger partial charge in [-0.1, -0.05) is 6.07 Å². The predicted octanol–water partition coefficient (Wildman–Crippen LogP) is 0.934. The molecule has 0 bridgehead atoms. The lowest BCUT2D eigenvalue weighted by molar-refractivity contribution is 0.339. The first-order valence-electron chi connectivity index (χ1n) is 3.32. The third kappa shape index (κ3) is 1.70. The molecule has 0 aromatic heterocycles. The molecule has 0 fully saturated rings. The van der Waals surface area contributed by atoms with E-state index in [2.05, 4.69) is 0 Å². The Bertz CT molecular complexity index is 232. The van der Waals surface area contributed by atoms with Gasteiger partial charge in [0.05, 0.1) is 6.51 Å². The maximum absolute atomic E-state index is 12.7. The molecule has 0 saturated heterocycles. The molecule has 0 aliphatic rings. The third-order valence-corrected chi connectivity index (χ3v) is 1.21. The van der Waals surface area contributed by atoms with E-state index in [1.54, 1.807) is 7.85 Å². The summed E-state index contributed by atoms with van der Waals surface area (Å²) in [4.78, 5) is 0. The van der Waals surface area contributed by atoms with Gasteiger partial charge in [0.15, 0.2) is 25.2 Å². The van der Waals surface area contributed by atoms with Crippen molar-refractivity contribution in [2.75, 3.05) is 6.51 Å². The van der Waals surface area contributed by atoms with E-state index in [1.807, 2.05) is 0 Å². The van der Waals surface area contributed by atoms with Crippen LogP contribution in [0.1, 0.15) is 0 Å². The van der Waals surface area contributed by atoms with Crippen molar-refractivity contribution < 1.29 is 13.5 Å². The molecule has 1 nitrogen and oxygen atoms in total. The van der Waals surface area contributed by atoms with Crippen LogP contribution < -0.4 is 4.74 Å². The topological polar surface area (TPSA) is 9.23 Å². The van der Waals surface area contributed by atoms with Crippen molar-refractivity contribution in [2.45, 2.75) is 0 Å². The minimum absolute atomic E-state index is 0.262. The summed E-state index contributed by atoms with van der Waals surface area (Å²) in [5.74, 6) is -1.62. The Kier molecular flexibility index (Phi) is 2.46. The van der Waals surface area contributed by atoms with Gasteiger partial charge in [-0.3, -0.25) is 0 Å². The van der Waals surface area contributed by atoms with Gasteiger partial charge in [-0.15, -0.1) is 0 Å². The van der Waals surface area contributed by atoms with E-state index in [0.717, 1.165) is 12.1 Å². The molecule has 0 spiro atoms. The van der Waals surface area contributed by atoms with Crippen molar-refractivity contribution >= 4 is 7.85 Å². The zero-order chi connectivity index (χ0) is 8.27. The van der Waals surface area contributed by atoms with Gasteiger partial charge in [-0.2, -0.15) is 0 Å². The Morgan fingerprint density at radius 1 is 1.27 bits per heavy atom. The van der Waals surface area contributed by atoms with Gasteiger partial charge < -0.3 is 4.74 Å². The van der Waals surface area contributed by atoms with Crippen molar-refractivity contribution in [1.82, 2.24) is 0 Å². The molecule has 4 heteroatoms. The lowest BCUT2D eigenvalue weighted by Crippen LogP contribution is -2.00. The second-order valence-corrected chi connectivity index (χ2v) is 1.98. The van der Waals surface area contributed by atoms with Crippen LogP contribution in [0.4, 0.5) is 8.78 Å². The summed E-state index contributed by atoms with van der Waals surface area (Å²) >= 11 is 0. The molecule has 0 amide bonds. The average Bonchev–Trinajstić information content (AvgIpc) is 1.97. The first kappa shape index (κ1) is 8.05. The average molecular weight is 156 g/mol. The molecule has 0 atom stereocenters. The largest absolute Gasteiger partial charge is 0.497 e. The number of ether oxygens (including phenoxy) is 1. The zero-order valence-corrected chi connectivity index (χ0v) is 6.10. The van der Waals surface area contributed by atoms with E-state index in [9.17, 15) is 8.78 Å². The molecule has 0 heterocycles. The Morgan fingerprint density at radius 2 is 1.82 bits per heavy atom. The van der Waals surface area contributed by atoms with Gasteiger partial charge >= 0.3 is 0 Å². The quantitative estimate of drug-likeness (QED) is 0.578. The summed E-state index contributed by atoms with van der Waals surface area (Å²) in [7, 11) is 1.67. The first-order chi connectivity index (χ1) is 5.25. The molecule has 58 valence electrons. The molecular formula is C7H7BF2O. The molecule has 1 aromatic carbocycles. The lowest BCUT2D eigenvalue weighted by Gasteiger charge is -2.04. The van der Waals surface area contributed by atoms with Crippen LogP contribution in [0.3, 0.4) is 0 Å². The van der Waals surface area contributed by atoms with Gasteiger partial charge in [0, 0.05) is 0 Å². The molecule has 0 unspecified atom stereocenters. The Hall–Kier alpha value is -1.06. The fraction of sp³-hybridized carbons (Fsp3) is 0.143. The molecule has 1 aromatic rings. The third-order valence-electron chi connectivity index (χ3n) is 1.21. The maximum atomic E-state index is 12.7. The summed E-state index contributed by atoms with van der Waals surface area (Å²) in [6.45, 7) is 0.262.